The van der Waals surface area contributed by atoms with Crippen LogP contribution in [0.3, 0.4) is 0 Å². The van der Waals surface area contributed by atoms with Crippen LogP contribution >= 0.6 is 0 Å². The second kappa shape index (κ2) is 8.96. The smallest absolute Gasteiger partial charge is 0.335 e. The molecule has 0 spiro atoms. The predicted molar refractivity (Wildman–Crippen MR) is 91.0 cm³/mol. The van der Waals surface area contributed by atoms with Crippen LogP contribution in [0.2, 0.25) is 0 Å². The van der Waals surface area contributed by atoms with Gasteiger partial charge in [-0.3, -0.25) is 0 Å². The zero-order chi connectivity index (χ0) is 16.5. The fourth-order valence-corrected chi connectivity index (χ4v) is 2.22. The van der Waals surface area contributed by atoms with Crippen LogP contribution < -0.4 is 10.1 Å². The number of carboxylic acid groups (broad SMARTS) is 1. The van der Waals surface area contributed by atoms with E-state index in [1.54, 1.807) is 18.2 Å². The lowest BCUT2D eigenvalue weighted by Crippen LogP contribution is -2.15. The van der Waals surface area contributed by atoms with Gasteiger partial charge in [-0.2, -0.15) is 0 Å². The predicted octanol–water partition coefficient (Wildman–Crippen LogP) is 3.64. The molecule has 0 saturated heterocycles. The van der Waals surface area contributed by atoms with E-state index in [4.69, 9.17) is 9.84 Å². The van der Waals surface area contributed by atoms with E-state index in [2.05, 4.69) is 12.2 Å². The first-order valence-corrected chi connectivity index (χ1v) is 7.87. The van der Waals surface area contributed by atoms with Gasteiger partial charge in [0.1, 0.15) is 5.75 Å². The lowest BCUT2D eigenvalue weighted by Gasteiger charge is -2.08. The molecule has 0 bridgehead atoms. The Morgan fingerprint density at radius 2 is 1.91 bits per heavy atom. The second-order valence-corrected chi connectivity index (χ2v) is 5.55. The molecule has 0 atom stereocenters. The van der Waals surface area contributed by atoms with Gasteiger partial charge in [-0.1, -0.05) is 29.8 Å². The third-order valence-electron chi connectivity index (χ3n) is 3.54. The standard InChI is InChI=1S/C19H23NO3/c1-15-7-9-18(10-8-15)23-12-3-2-11-20-14-16-5-4-6-17(13-16)19(21)22/h4-10,13,20H,2-3,11-12,14H2,1H3,(H,21,22). The quantitative estimate of drug-likeness (QED) is 0.694. The summed E-state index contributed by atoms with van der Waals surface area (Å²) in [6, 6.07) is 15.1. The van der Waals surface area contributed by atoms with Crippen molar-refractivity contribution in [3.63, 3.8) is 0 Å². The molecular weight excluding hydrogens is 290 g/mol. The van der Waals surface area contributed by atoms with Crippen molar-refractivity contribution in [1.82, 2.24) is 5.32 Å². The summed E-state index contributed by atoms with van der Waals surface area (Å²) >= 11 is 0. The highest BCUT2D eigenvalue weighted by atomic mass is 16.5. The fraction of sp³-hybridized carbons (Fsp3) is 0.316. The molecule has 0 fully saturated rings. The van der Waals surface area contributed by atoms with Crippen LogP contribution in [0.15, 0.2) is 48.5 Å². The third-order valence-corrected chi connectivity index (χ3v) is 3.54. The van der Waals surface area contributed by atoms with E-state index in [9.17, 15) is 4.79 Å². The molecule has 4 nitrogen and oxygen atoms in total. The second-order valence-electron chi connectivity index (χ2n) is 5.55. The molecule has 0 aliphatic rings. The minimum absolute atomic E-state index is 0.329. The molecule has 0 saturated carbocycles. The van der Waals surface area contributed by atoms with Gasteiger partial charge in [0.05, 0.1) is 12.2 Å². The maximum absolute atomic E-state index is 10.9. The maximum atomic E-state index is 10.9. The molecule has 0 aliphatic carbocycles. The van der Waals surface area contributed by atoms with Crippen LogP contribution in [0.1, 0.15) is 34.3 Å². The molecule has 0 aromatic heterocycles. The Morgan fingerprint density at radius 3 is 2.65 bits per heavy atom. The molecule has 0 aliphatic heterocycles. The van der Waals surface area contributed by atoms with Crippen molar-refractivity contribution in [3.05, 3.63) is 65.2 Å². The number of aromatic carboxylic acids is 1. The molecule has 2 aromatic rings. The highest BCUT2D eigenvalue weighted by Crippen LogP contribution is 2.11. The summed E-state index contributed by atoms with van der Waals surface area (Å²) in [6.45, 7) is 4.33. The Labute approximate surface area is 137 Å². The fourth-order valence-electron chi connectivity index (χ4n) is 2.22. The largest absolute Gasteiger partial charge is 0.494 e. The van der Waals surface area contributed by atoms with Gasteiger partial charge in [0.2, 0.25) is 0 Å². The Bertz CT molecular complexity index is 623. The SMILES string of the molecule is Cc1ccc(OCCCCNCc2cccc(C(=O)O)c2)cc1. The Hall–Kier alpha value is -2.33. The number of aryl methyl sites for hydroxylation is 1. The summed E-state index contributed by atoms with van der Waals surface area (Å²) in [5, 5.41) is 12.3. The molecule has 0 amide bonds. The molecule has 2 N–H and O–H groups in total. The van der Waals surface area contributed by atoms with E-state index in [0.29, 0.717) is 18.7 Å². The molecule has 0 heterocycles. The van der Waals surface area contributed by atoms with Crippen molar-refractivity contribution in [2.45, 2.75) is 26.3 Å². The Balaban J connectivity index is 1.58. The number of nitrogens with one attached hydrogen (secondary N) is 1. The maximum Gasteiger partial charge on any atom is 0.335 e. The topological polar surface area (TPSA) is 58.6 Å². The lowest BCUT2D eigenvalue weighted by molar-refractivity contribution is 0.0696. The van der Waals surface area contributed by atoms with E-state index < -0.39 is 5.97 Å². The third kappa shape index (κ3) is 6.12. The normalized spacial score (nSPS) is 10.5. The summed E-state index contributed by atoms with van der Waals surface area (Å²) < 4.78 is 5.67. The highest BCUT2D eigenvalue weighted by Gasteiger charge is 2.02. The average Bonchev–Trinajstić information content (AvgIpc) is 2.56. The number of hydrogen-bond donors (Lipinski definition) is 2. The monoisotopic (exact) mass is 313 g/mol. The number of carbonyl (C=O) groups is 1. The van der Waals surface area contributed by atoms with E-state index in [1.165, 1.54) is 5.56 Å². The molecule has 23 heavy (non-hydrogen) atoms. The first-order valence-electron chi connectivity index (χ1n) is 7.87. The molecule has 4 heteroatoms. The summed E-state index contributed by atoms with van der Waals surface area (Å²) in [5.41, 5.74) is 2.55. The minimum atomic E-state index is -0.889. The van der Waals surface area contributed by atoms with E-state index in [0.717, 1.165) is 30.7 Å². The van der Waals surface area contributed by atoms with E-state index in [1.807, 2.05) is 30.3 Å². The van der Waals surface area contributed by atoms with E-state index >= 15 is 0 Å². The molecule has 0 unspecified atom stereocenters. The number of carboxylic acids is 1. The lowest BCUT2D eigenvalue weighted by atomic mass is 10.1. The zero-order valence-corrected chi connectivity index (χ0v) is 13.4. The number of rotatable bonds is 9. The number of benzene rings is 2. The van der Waals surface area contributed by atoms with Gasteiger partial charge in [-0.15, -0.1) is 0 Å². The van der Waals surface area contributed by atoms with Crippen molar-refractivity contribution in [2.75, 3.05) is 13.2 Å². The van der Waals surface area contributed by atoms with Gasteiger partial charge in [-0.05, 0) is 56.1 Å². The molecule has 2 rings (SSSR count). The Morgan fingerprint density at radius 1 is 1.13 bits per heavy atom. The van der Waals surface area contributed by atoms with Crippen molar-refractivity contribution < 1.29 is 14.6 Å². The summed E-state index contributed by atoms with van der Waals surface area (Å²) in [6.07, 6.45) is 2.00. The van der Waals surface area contributed by atoms with Crippen LogP contribution in [0.5, 0.6) is 5.75 Å². The van der Waals surface area contributed by atoms with Crippen molar-refractivity contribution >= 4 is 5.97 Å². The van der Waals surface area contributed by atoms with Gasteiger partial charge in [0.15, 0.2) is 0 Å². The summed E-state index contributed by atoms with van der Waals surface area (Å²) in [4.78, 5) is 10.9. The molecule has 0 radical (unpaired) electrons. The van der Waals surface area contributed by atoms with Crippen LogP contribution in [0.25, 0.3) is 0 Å². The van der Waals surface area contributed by atoms with Crippen LogP contribution in [0.4, 0.5) is 0 Å². The van der Waals surface area contributed by atoms with Gasteiger partial charge >= 0.3 is 5.97 Å². The van der Waals surface area contributed by atoms with E-state index in [-0.39, 0.29) is 0 Å². The van der Waals surface area contributed by atoms with Gasteiger partial charge in [0.25, 0.3) is 0 Å². The van der Waals surface area contributed by atoms with Crippen LogP contribution in [-0.2, 0) is 6.54 Å². The highest BCUT2D eigenvalue weighted by molar-refractivity contribution is 5.87. The van der Waals surface area contributed by atoms with Crippen LogP contribution in [-0.4, -0.2) is 24.2 Å². The summed E-state index contributed by atoms with van der Waals surface area (Å²) in [7, 11) is 0. The van der Waals surface area contributed by atoms with Crippen molar-refractivity contribution in [1.29, 1.82) is 0 Å². The molecule has 2 aromatic carbocycles. The first kappa shape index (κ1) is 17.0. The number of unbranched alkanes of at least 4 members (excludes halogenated alkanes) is 1. The first-order chi connectivity index (χ1) is 11.1. The molecular formula is C19H23NO3. The van der Waals surface area contributed by atoms with Crippen molar-refractivity contribution in [3.8, 4) is 5.75 Å². The van der Waals surface area contributed by atoms with Gasteiger partial charge in [0, 0.05) is 6.54 Å². The van der Waals surface area contributed by atoms with Gasteiger partial charge < -0.3 is 15.2 Å². The minimum Gasteiger partial charge on any atom is -0.494 e. The number of hydrogen-bond acceptors (Lipinski definition) is 3. The van der Waals surface area contributed by atoms with Crippen molar-refractivity contribution in [2.24, 2.45) is 0 Å². The van der Waals surface area contributed by atoms with Crippen LogP contribution in [0, 0.1) is 6.92 Å². The Kier molecular flexibility index (Phi) is 6.63. The average molecular weight is 313 g/mol. The number of ether oxygens (including phenoxy) is 1. The zero-order valence-electron chi connectivity index (χ0n) is 13.4. The molecule has 122 valence electrons. The van der Waals surface area contributed by atoms with Gasteiger partial charge in [-0.25, -0.2) is 4.79 Å². The summed E-state index contributed by atoms with van der Waals surface area (Å²) in [5.74, 6) is 0.0224.